The zero-order chi connectivity index (χ0) is 7.19. The van der Waals surface area contributed by atoms with Crippen LogP contribution < -0.4 is 5.32 Å². The summed E-state index contributed by atoms with van der Waals surface area (Å²) in [6.45, 7) is 8.61. The minimum absolute atomic E-state index is 0. The molecule has 58 valence electrons. The molecular weight excluding hydrogens is 122 g/mol. The van der Waals surface area contributed by atoms with Crippen LogP contribution in [0, 0.1) is 11.3 Å². The van der Waals surface area contributed by atoms with E-state index in [4.69, 9.17) is 0 Å². The first-order valence-corrected chi connectivity index (χ1v) is 4.11. The molecule has 1 atom stereocenters. The summed E-state index contributed by atoms with van der Waals surface area (Å²) in [6, 6.07) is 0. The second kappa shape index (κ2) is 1.85. The largest absolute Gasteiger partial charge is 0.316 e. The van der Waals surface area contributed by atoms with Crippen molar-refractivity contribution in [3.63, 3.8) is 0 Å². The van der Waals surface area contributed by atoms with E-state index in [0.717, 1.165) is 5.92 Å². The van der Waals surface area contributed by atoms with E-state index in [0.29, 0.717) is 5.41 Å². The molecule has 0 radical (unpaired) electrons. The van der Waals surface area contributed by atoms with Crippen LogP contribution in [0.2, 0.25) is 0 Å². The molecule has 0 bridgehead atoms. The van der Waals surface area contributed by atoms with Crippen LogP contribution in [0.5, 0.6) is 0 Å². The summed E-state index contributed by atoms with van der Waals surface area (Å²) in [4.78, 5) is 0. The summed E-state index contributed by atoms with van der Waals surface area (Å²) in [7, 11) is 0. The molecule has 1 aliphatic heterocycles. The molecule has 1 saturated carbocycles. The molecule has 1 N–H and O–H groups in total. The Bertz CT molecular complexity index is 172. The van der Waals surface area contributed by atoms with Gasteiger partial charge in [0.05, 0.1) is 0 Å². The summed E-state index contributed by atoms with van der Waals surface area (Å²) in [6.07, 6.45) is 2.86. The number of rotatable bonds is 1. The fourth-order valence-corrected chi connectivity index (χ4v) is 2.19. The molecule has 10 heavy (non-hydrogen) atoms. The molecule has 0 aromatic carbocycles. The highest BCUT2D eigenvalue weighted by Gasteiger charge is 2.51. The number of nitrogens with one attached hydrogen (secondary N) is 1. The Kier molecular flexibility index (Phi) is 1.19. The Morgan fingerprint density at radius 1 is 1.70 bits per heavy atom. The van der Waals surface area contributed by atoms with Gasteiger partial charge in [0.1, 0.15) is 0 Å². The summed E-state index contributed by atoms with van der Waals surface area (Å²) in [5.41, 5.74) is 2.05. The van der Waals surface area contributed by atoms with E-state index in [9.17, 15) is 0 Å². The Labute approximate surface area is 64.0 Å². The molecule has 2 aliphatic rings. The van der Waals surface area contributed by atoms with Crippen LogP contribution in [0.4, 0.5) is 0 Å². The lowest BCUT2D eigenvalue weighted by molar-refractivity contribution is 0.455. The predicted octanol–water partition coefficient (Wildman–Crippen LogP) is 1.81. The van der Waals surface area contributed by atoms with Crippen LogP contribution in [0.25, 0.3) is 0 Å². The smallest absolute Gasteiger partial charge is 0.00227 e. The second-order valence-corrected chi connectivity index (χ2v) is 3.89. The minimum Gasteiger partial charge on any atom is -0.316 e. The SMILES string of the molecule is C=C(C)C1CNCC12CC2.[HH]. The standard InChI is InChI=1S/C9H15N.H2/c1-7(2)8-5-10-6-9(8)3-4-9;/h8,10H,1,3-6H2,2H3;1H. The van der Waals surface area contributed by atoms with Gasteiger partial charge in [-0.2, -0.15) is 0 Å². The molecule has 2 fully saturated rings. The molecule has 1 heteroatoms. The first-order valence-electron chi connectivity index (χ1n) is 4.11. The zero-order valence-corrected chi connectivity index (χ0v) is 6.61. The predicted molar refractivity (Wildman–Crippen MR) is 45.0 cm³/mol. The average Bonchev–Trinajstić information content (AvgIpc) is 2.42. The van der Waals surface area contributed by atoms with Crippen molar-refractivity contribution in [2.45, 2.75) is 19.8 Å². The van der Waals surface area contributed by atoms with E-state index in [1.165, 1.54) is 31.5 Å². The minimum atomic E-state index is 0. The molecule has 1 aliphatic carbocycles. The molecule has 0 amide bonds. The summed E-state index contributed by atoms with van der Waals surface area (Å²) >= 11 is 0. The highest BCUT2D eigenvalue weighted by molar-refractivity contribution is 5.15. The van der Waals surface area contributed by atoms with Gasteiger partial charge in [0, 0.05) is 14.5 Å². The van der Waals surface area contributed by atoms with Gasteiger partial charge >= 0.3 is 0 Å². The molecule has 1 nitrogen and oxygen atoms in total. The van der Waals surface area contributed by atoms with Crippen molar-refractivity contribution in [1.29, 1.82) is 0 Å². The van der Waals surface area contributed by atoms with E-state index in [1.807, 2.05) is 0 Å². The molecule has 0 aromatic heterocycles. The lowest BCUT2D eigenvalue weighted by atomic mass is 9.88. The number of hydrogen-bond donors (Lipinski definition) is 1. The lowest BCUT2D eigenvalue weighted by Crippen LogP contribution is -2.13. The maximum absolute atomic E-state index is 4.03. The van der Waals surface area contributed by atoms with Gasteiger partial charge in [-0.25, -0.2) is 0 Å². The van der Waals surface area contributed by atoms with Crippen molar-refractivity contribution < 1.29 is 1.43 Å². The van der Waals surface area contributed by atoms with Gasteiger partial charge < -0.3 is 5.32 Å². The fourth-order valence-electron chi connectivity index (χ4n) is 2.19. The van der Waals surface area contributed by atoms with Crippen LogP contribution in [-0.4, -0.2) is 13.1 Å². The van der Waals surface area contributed by atoms with Gasteiger partial charge in [0.2, 0.25) is 0 Å². The molecule has 1 spiro atoms. The Morgan fingerprint density at radius 2 is 2.40 bits per heavy atom. The first kappa shape index (κ1) is 6.41. The van der Waals surface area contributed by atoms with Crippen molar-refractivity contribution in [1.82, 2.24) is 5.32 Å². The van der Waals surface area contributed by atoms with Crippen LogP contribution >= 0.6 is 0 Å². The second-order valence-electron chi connectivity index (χ2n) is 3.89. The van der Waals surface area contributed by atoms with Gasteiger partial charge in [0.15, 0.2) is 0 Å². The Hall–Kier alpha value is -0.300. The van der Waals surface area contributed by atoms with Crippen LogP contribution in [0.3, 0.4) is 0 Å². The fraction of sp³-hybridized carbons (Fsp3) is 0.778. The summed E-state index contributed by atoms with van der Waals surface area (Å²) < 4.78 is 0. The third-order valence-corrected chi connectivity index (χ3v) is 3.05. The van der Waals surface area contributed by atoms with E-state index in [1.54, 1.807) is 0 Å². The van der Waals surface area contributed by atoms with Gasteiger partial charge in [0.25, 0.3) is 0 Å². The van der Waals surface area contributed by atoms with E-state index < -0.39 is 0 Å². The zero-order valence-electron chi connectivity index (χ0n) is 6.61. The quantitative estimate of drug-likeness (QED) is 0.546. The lowest BCUT2D eigenvalue weighted by Gasteiger charge is -2.16. The van der Waals surface area contributed by atoms with Crippen molar-refractivity contribution in [2.75, 3.05) is 13.1 Å². The third-order valence-electron chi connectivity index (χ3n) is 3.05. The highest BCUT2D eigenvalue weighted by Crippen LogP contribution is 2.55. The number of hydrogen-bond acceptors (Lipinski definition) is 1. The van der Waals surface area contributed by atoms with Gasteiger partial charge in [-0.1, -0.05) is 12.2 Å². The van der Waals surface area contributed by atoms with Gasteiger partial charge in [-0.05, 0) is 31.1 Å². The molecule has 1 unspecified atom stereocenters. The van der Waals surface area contributed by atoms with Crippen LogP contribution in [0.1, 0.15) is 21.2 Å². The van der Waals surface area contributed by atoms with E-state index in [2.05, 4.69) is 18.8 Å². The Morgan fingerprint density at radius 3 is 2.80 bits per heavy atom. The van der Waals surface area contributed by atoms with Crippen molar-refractivity contribution in [2.24, 2.45) is 11.3 Å². The Balaban J connectivity index is 0.000000605. The normalized spacial score (nSPS) is 34.7. The van der Waals surface area contributed by atoms with Crippen molar-refractivity contribution in [3.8, 4) is 0 Å². The first-order chi connectivity index (χ1) is 4.75. The van der Waals surface area contributed by atoms with E-state index >= 15 is 0 Å². The third kappa shape index (κ3) is 0.734. The van der Waals surface area contributed by atoms with Gasteiger partial charge in [-0.3, -0.25) is 0 Å². The highest BCUT2D eigenvalue weighted by atomic mass is 15.0. The molecule has 0 aromatic rings. The van der Waals surface area contributed by atoms with Crippen molar-refractivity contribution in [3.05, 3.63) is 12.2 Å². The monoisotopic (exact) mass is 139 g/mol. The average molecular weight is 139 g/mol. The maximum atomic E-state index is 4.03. The molecule has 2 rings (SSSR count). The summed E-state index contributed by atoms with van der Waals surface area (Å²) in [5.74, 6) is 0.785. The molecular formula is C9H17N. The van der Waals surface area contributed by atoms with Crippen molar-refractivity contribution >= 4 is 0 Å². The van der Waals surface area contributed by atoms with Gasteiger partial charge in [-0.15, -0.1) is 0 Å². The molecule has 1 heterocycles. The summed E-state index contributed by atoms with van der Waals surface area (Å²) in [5, 5.41) is 3.45. The molecule has 1 saturated heterocycles. The van der Waals surface area contributed by atoms with Crippen LogP contribution in [-0.2, 0) is 0 Å². The van der Waals surface area contributed by atoms with Crippen LogP contribution in [0.15, 0.2) is 12.2 Å². The van der Waals surface area contributed by atoms with E-state index in [-0.39, 0.29) is 1.43 Å². The topological polar surface area (TPSA) is 12.0 Å². The maximum Gasteiger partial charge on any atom is 0.00227 e.